The summed E-state index contributed by atoms with van der Waals surface area (Å²) >= 11 is 0. The normalized spacial score (nSPS) is 12.7. The third-order valence-corrected chi connectivity index (χ3v) is 5.64. The molecule has 2 aromatic rings. The van der Waals surface area contributed by atoms with Crippen LogP contribution in [0.25, 0.3) is 0 Å². The van der Waals surface area contributed by atoms with Gasteiger partial charge >= 0.3 is 0 Å². The van der Waals surface area contributed by atoms with Crippen LogP contribution >= 0.6 is 7.52 Å². The number of anilines is 1. The summed E-state index contributed by atoms with van der Waals surface area (Å²) in [5, 5.41) is 16.6. The smallest absolute Gasteiger partial charge is 0.292 e. The van der Waals surface area contributed by atoms with Gasteiger partial charge in [0, 0.05) is 36.2 Å². The van der Waals surface area contributed by atoms with Crippen LogP contribution in [0.15, 0.2) is 60.9 Å². The zero-order valence-corrected chi connectivity index (χ0v) is 16.6. The van der Waals surface area contributed by atoms with E-state index in [0.29, 0.717) is 36.3 Å². The molecule has 2 aromatic carbocycles. The number of benzene rings is 2. The number of para-hydroxylation sites is 1. The first-order valence-electron chi connectivity index (χ1n) is 8.83. The summed E-state index contributed by atoms with van der Waals surface area (Å²) in [7, 11) is -3.38. The van der Waals surface area contributed by atoms with E-state index in [1.807, 2.05) is 0 Å². The lowest BCUT2D eigenvalue weighted by molar-refractivity contribution is -0.385. The van der Waals surface area contributed by atoms with Crippen LogP contribution in [0.3, 0.4) is 0 Å². The quantitative estimate of drug-likeness (QED) is 0.167. The molecular formula is C19H23N4O5P. The Labute approximate surface area is 168 Å². The molecule has 29 heavy (non-hydrogen) atoms. The average molecular weight is 418 g/mol. The van der Waals surface area contributed by atoms with Crippen molar-refractivity contribution in [2.45, 2.75) is 13.0 Å². The highest BCUT2D eigenvalue weighted by Crippen LogP contribution is 2.44. The number of nitro groups is 1. The van der Waals surface area contributed by atoms with Crippen LogP contribution in [0, 0.1) is 10.1 Å². The molecule has 0 aliphatic rings. The van der Waals surface area contributed by atoms with Gasteiger partial charge in [-0.3, -0.25) is 19.5 Å². The fraction of sp³-hybridized carbons (Fsp3) is 0.211. The fourth-order valence-electron chi connectivity index (χ4n) is 2.40. The molecule has 0 aromatic heterocycles. The van der Waals surface area contributed by atoms with E-state index in [1.165, 1.54) is 12.1 Å². The second kappa shape index (κ2) is 10.5. The Morgan fingerprint density at radius 3 is 2.55 bits per heavy atom. The van der Waals surface area contributed by atoms with Crippen molar-refractivity contribution in [1.29, 1.82) is 0 Å². The lowest BCUT2D eigenvalue weighted by atomic mass is 10.2. The van der Waals surface area contributed by atoms with E-state index in [0.717, 1.165) is 5.82 Å². The SMILES string of the molecule is C=CP(=O)(NCCCNC(=O)c1ccc(N)cc1)OCc1ccccc1[N+](=O)[O-]. The first kappa shape index (κ1) is 22.3. The van der Waals surface area contributed by atoms with Crippen LogP contribution < -0.4 is 16.1 Å². The van der Waals surface area contributed by atoms with Crippen molar-refractivity contribution >= 4 is 24.8 Å². The van der Waals surface area contributed by atoms with Gasteiger partial charge in [-0.1, -0.05) is 18.7 Å². The summed E-state index contributed by atoms with van der Waals surface area (Å²) in [5.41, 5.74) is 6.87. The van der Waals surface area contributed by atoms with Gasteiger partial charge in [-0.15, -0.1) is 0 Å². The summed E-state index contributed by atoms with van der Waals surface area (Å²) in [6, 6.07) is 12.6. The molecule has 0 saturated carbocycles. The highest BCUT2D eigenvalue weighted by molar-refractivity contribution is 7.60. The molecule has 0 bridgehead atoms. The van der Waals surface area contributed by atoms with Crippen LogP contribution in [0.4, 0.5) is 11.4 Å². The van der Waals surface area contributed by atoms with Gasteiger partial charge in [0.05, 0.1) is 17.1 Å². The molecule has 0 aliphatic carbocycles. The number of nitro benzene ring substituents is 1. The van der Waals surface area contributed by atoms with Crippen molar-refractivity contribution < 1.29 is 18.8 Å². The molecule has 0 radical (unpaired) electrons. The van der Waals surface area contributed by atoms with Gasteiger partial charge in [0.15, 0.2) is 0 Å². The zero-order chi connectivity index (χ0) is 21.3. The predicted molar refractivity (Wildman–Crippen MR) is 111 cm³/mol. The Morgan fingerprint density at radius 1 is 1.21 bits per heavy atom. The monoisotopic (exact) mass is 418 g/mol. The van der Waals surface area contributed by atoms with Crippen molar-refractivity contribution in [2.24, 2.45) is 0 Å². The Balaban J connectivity index is 1.78. The maximum Gasteiger partial charge on any atom is 0.292 e. The number of amides is 1. The number of nitrogens with one attached hydrogen (secondary N) is 2. The molecule has 0 spiro atoms. The molecule has 0 heterocycles. The standard InChI is InChI=1S/C19H23N4O5P/c1-2-29(27,28-14-16-6-3-4-7-18(16)23(25)26)22-13-5-12-21-19(24)15-8-10-17(20)11-9-15/h2-4,6-11H,1,5,12-14,20H2,(H,21,24)(H,22,27). The Bertz CT molecular complexity index is 917. The molecule has 1 unspecified atom stereocenters. The molecule has 1 atom stereocenters. The third kappa shape index (κ3) is 6.83. The van der Waals surface area contributed by atoms with Crippen molar-refractivity contribution in [2.75, 3.05) is 18.8 Å². The van der Waals surface area contributed by atoms with E-state index < -0.39 is 12.4 Å². The lowest BCUT2D eigenvalue weighted by Gasteiger charge is -2.16. The Morgan fingerprint density at radius 2 is 1.90 bits per heavy atom. The average Bonchev–Trinajstić information content (AvgIpc) is 2.72. The number of carbonyl (C=O) groups excluding carboxylic acids is 1. The van der Waals surface area contributed by atoms with Crippen molar-refractivity contribution in [3.8, 4) is 0 Å². The zero-order valence-electron chi connectivity index (χ0n) is 15.7. The van der Waals surface area contributed by atoms with Crippen LogP contribution in [-0.4, -0.2) is 23.9 Å². The Kier molecular flexibility index (Phi) is 8.09. The van der Waals surface area contributed by atoms with Gasteiger partial charge in [-0.2, -0.15) is 0 Å². The molecular weight excluding hydrogens is 395 g/mol. The van der Waals surface area contributed by atoms with Gasteiger partial charge in [0.2, 0.25) is 0 Å². The van der Waals surface area contributed by atoms with E-state index in [1.54, 1.807) is 36.4 Å². The largest absolute Gasteiger partial charge is 0.399 e. The van der Waals surface area contributed by atoms with E-state index >= 15 is 0 Å². The van der Waals surface area contributed by atoms with E-state index in [2.05, 4.69) is 17.0 Å². The summed E-state index contributed by atoms with van der Waals surface area (Å²) < 4.78 is 18.1. The molecule has 2 rings (SSSR count). The summed E-state index contributed by atoms with van der Waals surface area (Å²) in [5.74, 6) is 0.930. The molecule has 154 valence electrons. The first-order chi connectivity index (χ1) is 13.8. The number of nitrogens with zero attached hydrogens (tertiary/aromatic N) is 1. The van der Waals surface area contributed by atoms with Crippen LogP contribution in [0.1, 0.15) is 22.3 Å². The van der Waals surface area contributed by atoms with Crippen LogP contribution in [0.2, 0.25) is 0 Å². The number of hydrogen-bond donors (Lipinski definition) is 3. The first-order valence-corrected chi connectivity index (χ1v) is 10.5. The minimum Gasteiger partial charge on any atom is -0.399 e. The Hall–Kier alpha value is -3.00. The van der Waals surface area contributed by atoms with E-state index in [9.17, 15) is 19.5 Å². The third-order valence-electron chi connectivity index (χ3n) is 3.98. The van der Waals surface area contributed by atoms with Gasteiger partial charge in [0.1, 0.15) is 0 Å². The summed E-state index contributed by atoms with van der Waals surface area (Å²) in [6.07, 6.45) is 0.493. The van der Waals surface area contributed by atoms with Crippen molar-refractivity contribution in [3.05, 3.63) is 82.2 Å². The minimum atomic E-state index is -3.38. The maximum absolute atomic E-state index is 12.7. The molecule has 9 nitrogen and oxygen atoms in total. The van der Waals surface area contributed by atoms with Gasteiger partial charge in [0.25, 0.3) is 19.1 Å². The minimum absolute atomic E-state index is 0.103. The topological polar surface area (TPSA) is 137 Å². The molecule has 0 aliphatic heterocycles. The van der Waals surface area contributed by atoms with E-state index in [-0.39, 0.29) is 18.2 Å². The molecule has 0 saturated heterocycles. The maximum atomic E-state index is 12.7. The molecule has 10 heteroatoms. The number of nitrogens with two attached hydrogens (primary N) is 1. The summed E-state index contributed by atoms with van der Waals surface area (Å²) in [4.78, 5) is 22.5. The number of rotatable bonds is 11. The predicted octanol–water partition coefficient (Wildman–Crippen LogP) is 3.44. The number of hydrogen-bond acceptors (Lipinski definition) is 6. The van der Waals surface area contributed by atoms with Crippen molar-refractivity contribution in [1.82, 2.24) is 10.4 Å². The van der Waals surface area contributed by atoms with Gasteiger partial charge < -0.3 is 15.6 Å². The highest BCUT2D eigenvalue weighted by Gasteiger charge is 2.20. The van der Waals surface area contributed by atoms with Crippen molar-refractivity contribution in [3.63, 3.8) is 0 Å². The summed E-state index contributed by atoms with van der Waals surface area (Å²) in [6.45, 7) is 3.97. The van der Waals surface area contributed by atoms with Crippen LogP contribution in [0.5, 0.6) is 0 Å². The second-order valence-corrected chi connectivity index (χ2v) is 8.21. The fourth-order valence-corrected chi connectivity index (χ4v) is 3.53. The van der Waals surface area contributed by atoms with Gasteiger partial charge in [-0.05, 0) is 36.8 Å². The molecule has 0 fully saturated rings. The van der Waals surface area contributed by atoms with E-state index in [4.69, 9.17) is 10.3 Å². The van der Waals surface area contributed by atoms with Gasteiger partial charge in [-0.25, -0.2) is 5.09 Å². The van der Waals surface area contributed by atoms with Crippen LogP contribution in [-0.2, 0) is 15.7 Å². The number of nitrogen functional groups attached to an aromatic ring is 1. The molecule has 1 amide bonds. The highest BCUT2D eigenvalue weighted by atomic mass is 31.2. The number of carbonyl (C=O) groups is 1. The second-order valence-electron chi connectivity index (χ2n) is 6.08. The molecule has 4 N–H and O–H groups in total. The lowest BCUT2D eigenvalue weighted by Crippen LogP contribution is -2.26.